The highest BCUT2D eigenvalue weighted by molar-refractivity contribution is 9.10. The van der Waals surface area contributed by atoms with Crippen LogP contribution in [0.25, 0.3) is 22.1 Å². The third kappa shape index (κ3) is 4.63. The lowest BCUT2D eigenvalue weighted by molar-refractivity contribution is -0.110. The number of halogens is 3. The minimum absolute atomic E-state index is 0.151. The van der Waals surface area contributed by atoms with E-state index < -0.39 is 0 Å². The van der Waals surface area contributed by atoms with Crippen LogP contribution in [0, 0.1) is 0 Å². The van der Waals surface area contributed by atoms with Gasteiger partial charge in [-0.05, 0) is 61.7 Å². The molecule has 0 amide bonds. The summed E-state index contributed by atoms with van der Waals surface area (Å²) in [6, 6.07) is 7.59. The first-order chi connectivity index (χ1) is 16.4. The first-order valence-corrected chi connectivity index (χ1v) is 12.5. The van der Waals surface area contributed by atoms with Crippen molar-refractivity contribution in [1.82, 2.24) is 29.9 Å². The van der Waals surface area contributed by atoms with Gasteiger partial charge >= 0.3 is 0 Å². The standard InChI is InChI=1S/C15H11BrN4O2S.C6H3BrClN3/c1-22-10-2-7-3-13(21)23-11(7)5-9(10)19-14-8-4-12(16)20-15(8)18-6-17-14;7-4-1-3-5(8)9-2-10-6(3)11-4/h2,4-6H,3H2,1H3,(H2,17,18,19,20);1-2H,(H,9,10,11). The van der Waals surface area contributed by atoms with Gasteiger partial charge in [-0.3, -0.25) is 4.79 Å². The van der Waals surface area contributed by atoms with Crippen molar-refractivity contribution in [3.05, 3.63) is 56.8 Å². The first-order valence-electron chi connectivity index (χ1n) is 9.74. The molecule has 0 atom stereocenters. The Balaban J connectivity index is 0.000000183. The molecule has 5 heterocycles. The maximum atomic E-state index is 11.6. The molecule has 34 heavy (non-hydrogen) atoms. The maximum absolute atomic E-state index is 11.6. The van der Waals surface area contributed by atoms with Crippen molar-refractivity contribution in [3.8, 4) is 5.75 Å². The number of thioether (sulfide) groups is 1. The van der Waals surface area contributed by atoms with Gasteiger partial charge in [0.2, 0.25) is 0 Å². The van der Waals surface area contributed by atoms with Crippen LogP contribution in [0.1, 0.15) is 5.56 Å². The molecule has 6 rings (SSSR count). The largest absolute Gasteiger partial charge is 0.495 e. The average Bonchev–Trinajstić information content (AvgIpc) is 3.48. The summed E-state index contributed by atoms with van der Waals surface area (Å²) in [4.78, 5) is 35.0. The number of aromatic amines is 2. The van der Waals surface area contributed by atoms with E-state index in [0.29, 0.717) is 23.1 Å². The van der Waals surface area contributed by atoms with Gasteiger partial charge in [0, 0.05) is 11.3 Å². The smallest absolute Gasteiger partial charge is 0.198 e. The van der Waals surface area contributed by atoms with E-state index in [1.807, 2.05) is 24.3 Å². The van der Waals surface area contributed by atoms with Gasteiger partial charge in [0.05, 0.1) is 32.8 Å². The number of rotatable bonds is 3. The Morgan fingerprint density at radius 3 is 2.38 bits per heavy atom. The number of ether oxygens (including phenoxy) is 1. The van der Waals surface area contributed by atoms with Gasteiger partial charge < -0.3 is 20.0 Å². The van der Waals surface area contributed by atoms with Gasteiger partial charge in [-0.15, -0.1) is 0 Å². The molecule has 0 aliphatic carbocycles. The molecule has 172 valence electrons. The van der Waals surface area contributed by atoms with Crippen LogP contribution < -0.4 is 10.1 Å². The van der Waals surface area contributed by atoms with Crippen molar-refractivity contribution in [2.75, 3.05) is 12.4 Å². The highest BCUT2D eigenvalue weighted by atomic mass is 79.9. The summed E-state index contributed by atoms with van der Waals surface area (Å²) in [6.07, 6.45) is 3.36. The highest BCUT2D eigenvalue weighted by Gasteiger charge is 2.22. The van der Waals surface area contributed by atoms with Crippen LogP contribution in [0.2, 0.25) is 5.15 Å². The second-order valence-electron chi connectivity index (χ2n) is 7.08. The van der Waals surface area contributed by atoms with Crippen molar-refractivity contribution >= 4 is 93.9 Å². The number of nitrogens with one attached hydrogen (secondary N) is 3. The monoisotopic (exact) mass is 621 g/mol. The van der Waals surface area contributed by atoms with Gasteiger partial charge in [-0.2, -0.15) is 0 Å². The zero-order valence-corrected chi connectivity index (χ0v) is 22.1. The molecule has 0 spiro atoms. The van der Waals surface area contributed by atoms with Gasteiger partial charge in [-0.25, -0.2) is 19.9 Å². The quantitative estimate of drug-likeness (QED) is 0.209. The van der Waals surface area contributed by atoms with Gasteiger partial charge in [0.15, 0.2) is 5.12 Å². The molecule has 1 aliphatic heterocycles. The summed E-state index contributed by atoms with van der Waals surface area (Å²) >= 11 is 13.7. The summed E-state index contributed by atoms with van der Waals surface area (Å²) in [5.74, 6) is 1.35. The lowest BCUT2D eigenvalue weighted by atomic mass is 10.1. The van der Waals surface area contributed by atoms with E-state index in [1.165, 1.54) is 24.4 Å². The Kier molecular flexibility index (Phi) is 6.47. The van der Waals surface area contributed by atoms with E-state index in [2.05, 4.69) is 67.1 Å². The minimum Gasteiger partial charge on any atom is -0.495 e. The second-order valence-corrected chi connectivity index (χ2v) is 10.2. The van der Waals surface area contributed by atoms with Crippen molar-refractivity contribution in [1.29, 1.82) is 0 Å². The topological polar surface area (TPSA) is 121 Å². The van der Waals surface area contributed by atoms with Crippen LogP contribution in [-0.2, 0) is 11.2 Å². The Labute approximate surface area is 218 Å². The third-order valence-electron chi connectivity index (χ3n) is 4.93. The van der Waals surface area contributed by atoms with Gasteiger partial charge in [0.25, 0.3) is 0 Å². The first kappa shape index (κ1) is 23.1. The Morgan fingerprint density at radius 1 is 1.00 bits per heavy atom. The number of carbonyl (C=O) groups excluding carboxylic acids is 1. The minimum atomic E-state index is 0.151. The SMILES string of the molecule is COc1cc2c(cc1Nc1ncnc3[nH]c(Br)cc13)SC(=O)C2.Clc1ncnc2[nH]c(Br)cc12. The molecule has 1 aromatic carbocycles. The fourth-order valence-electron chi connectivity index (χ4n) is 3.43. The zero-order chi connectivity index (χ0) is 23.8. The third-order valence-corrected chi connectivity index (χ3v) is 7.06. The molecule has 3 N–H and O–H groups in total. The van der Waals surface area contributed by atoms with Crippen molar-refractivity contribution in [2.24, 2.45) is 0 Å². The van der Waals surface area contributed by atoms with Crippen LogP contribution in [0.3, 0.4) is 0 Å². The normalized spacial score (nSPS) is 12.5. The summed E-state index contributed by atoms with van der Waals surface area (Å²) in [5, 5.41) is 5.60. The molecule has 0 radical (unpaired) electrons. The molecule has 1 aliphatic rings. The number of carbonyl (C=O) groups is 1. The fourth-order valence-corrected chi connectivity index (χ4v) is 5.36. The van der Waals surface area contributed by atoms with Crippen LogP contribution in [0.4, 0.5) is 11.5 Å². The van der Waals surface area contributed by atoms with Crippen LogP contribution in [-0.4, -0.2) is 42.1 Å². The lowest BCUT2D eigenvalue weighted by Gasteiger charge is -2.13. The Morgan fingerprint density at radius 2 is 1.68 bits per heavy atom. The van der Waals surface area contributed by atoms with E-state index in [4.69, 9.17) is 16.3 Å². The molecular weight excluding hydrogens is 610 g/mol. The molecule has 4 aromatic heterocycles. The highest BCUT2D eigenvalue weighted by Crippen LogP contribution is 2.40. The fraction of sp³-hybridized carbons (Fsp3) is 0.0952. The number of H-pyrrole nitrogens is 2. The molecule has 13 heteroatoms. The number of anilines is 2. The molecule has 0 unspecified atom stereocenters. The number of hydrogen-bond donors (Lipinski definition) is 3. The van der Waals surface area contributed by atoms with E-state index in [1.54, 1.807) is 7.11 Å². The Hall–Kier alpha value is -2.67. The summed E-state index contributed by atoms with van der Waals surface area (Å²) < 4.78 is 7.14. The number of fused-ring (bicyclic) bond motifs is 3. The summed E-state index contributed by atoms with van der Waals surface area (Å²) in [5.41, 5.74) is 3.25. The van der Waals surface area contributed by atoms with Crippen molar-refractivity contribution in [2.45, 2.75) is 11.3 Å². The van der Waals surface area contributed by atoms with Crippen LogP contribution in [0.5, 0.6) is 5.75 Å². The predicted molar refractivity (Wildman–Crippen MR) is 139 cm³/mol. The van der Waals surface area contributed by atoms with E-state index >= 15 is 0 Å². The molecule has 0 saturated heterocycles. The van der Waals surface area contributed by atoms with Gasteiger partial charge in [0.1, 0.15) is 40.7 Å². The molecule has 0 saturated carbocycles. The molecule has 0 bridgehead atoms. The summed E-state index contributed by atoms with van der Waals surface area (Å²) in [7, 11) is 1.61. The number of benzene rings is 1. The number of methoxy groups -OCH3 is 1. The van der Waals surface area contributed by atoms with E-state index in [0.717, 1.165) is 47.4 Å². The lowest BCUT2D eigenvalue weighted by Crippen LogP contribution is -1.99. The molecule has 5 aromatic rings. The average molecular weight is 624 g/mol. The number of nitrogens with zero attached hydrogens (tertiary/aromatic N) is 4. The van der Waals surface area contributed by atoms with Crippen LogP contribution >= 0.6 is 55.2 Å². The van der Waals surface area contributed by atoms with Crippen molar-refractivity contribution in [3.63, 3.8) is 0 Å². The maximum Gasteiger partial charge on any atom is 0.198 e. The molecule has 0 fully saturated rings. The van der Waals surface area contributed by atoms with Crippen molar-refractivity contribution < 1.29 is 9.53 Å². The van der Waals surface area contributed by atoms with Crippen LogP contribution in [0.15, 0.2) is 51.0 Å². The van der Waals surface area contributed by atoms with E-state index in [-0.39, 0.29) is 5.12 Å². The Bertz CT molecular complexity index is 1560. The summed E-state index contributed by atoms with van der Waals surface area (Å²) in [6.45, 7) is 0. The molecule has 9 nitrogen and oxygen atoms in total. The van der Waals surface area contributed by atoms with Gasteiger partial charge in [-0.1, -0.05) is 23.4 Å². The predicted octanol–water partition coefficient (Wildman–Crippen LogP) is 6.02. The number of aromatic nitrogens is 6. The second kappa shape index (κ2) is 9.53. The molecular formula is C21H14Br2ClN7O2S. The number of hydrogen-bond acceptors (Lipinski definition) is 8. The van der Waals surface area contributed by atoms with E-state index in [9.17, 15) is 4.79 Å². The zero-order valence-electron chi connectivity index (χ0n) is 17.3.